The summed E-state index contributed by atoms with van der Waals surface area (Å²) in [4.78, 5) is 23.3. The van der Waals surface area contributed by atoms with E-state index in [2.05, 4.69) is 0 Å². The third kappa shape index (κ3) is 3.61. The highest BCUT2D eigenvalue weighted by Crippen LogP contribution is 2.25. The zero-order valence-electron chi connectivity index (χ0n) is 12.6. The van der Waals surface area contributed by atoms with E-state index in [9.17, 15) is 18.0 Å². The highest BCUT2D eigenvalue weighted by atomic mass is 32.2. The van der Waals surface area contributed by atoms with Gasteiger partial charge in [0.15, 0.2) is 9.84 Å². The zero-order chi connectivity index (χ0) is 16.6. The van der Waals surface area contributed by atoms with Crippen LogP contribution < -0.4 is 10.4 Å². The number of carbonyl (C=O) groups is 1. The minimum absolute atomic E-state index is 0.0356. The average Bonchev–Trinajstić information content (AvgIpc) is 2.76. The number of hydrogen-bond acceptors (Lipinski definition) is 6. The van der Waals surface area contributed by atoms with Gasteiger partial charge in [-0.3, -0.25) is 4.79 Å². The third-order valence-electron chi connectivity index (χ3n) is 3.94. The molecule has 23 heavy (non-hydrogen) atoms. The minimum Gasteiger partial charge on any atom is -0.426 e. The number of benzene rings is 1. The Morgan fingerprint density at radius 1 is 1.35 bits per heavy atom. The van der Waals surface area contributed by atoms with Crippen LogP contribution in [0.3, 0.4) is 0 Å². The molecule has 0 aliphatic carbocycles. The second-order valence-corrected chi connectivity index (χ2v) is 8.08. The first-order chi connectivity index (χ1) is 10.8. The van der Waals surface area contributed by atoms with Gasteiger partial charge in [0.1, 0.15) is 11.3 Å². The van der Waals surface area contributed by atoms with E-state index in [-0.39, 0.29) is 29.6 Å². The first kappa shape index (κ1) is 15.7. The molecule has 7 heteroatoms. The van der Waals surface area contributed by atoms with E-state index in [4.69, 9.17) is 9.15 Å². The van der Waals surface area contributed by atoms with Crippen molar-refractivity contribution in [3.8, 4) is 5.75 Å². The fraction of sp³-hybridized carbons (Fsp3) is 0.375. The number of aryl methyl sites for hydroxylation is 1. The Bertz CT molecular complexity index is 925. The van der Waals surface area contributed by atoms with Gasteiger partial charge in [-0.1, -0.05) is 0 Å². The zero-order valence-corrected chi connectivity index (χ0v) is 13.4. The molecule has 1 atom stereocenters. The molecule has 3 rings (SSSR count). The molecule has 1 fully saturated rings. The number of hydrogen-bond donors (Lipinski definition) is 0. The summed E-state index contributed by atoms with van der Waals surface area (Å²) in [7, 11) is -3.01. The second-order valence-electron chi connectivity index (χ2n) is 5.85. The Hall–Kier alpha value is -2.15. The molecule has 1 aliphatic heterocycles. The smallest absolute Gasteiger partial charge is 0.336 e. The van der Waals surface area contributed by atoms with Gasteiger partial charge < -0.3 is 9.15 Å². The van der Waals surface area contributed by atoms with Crippen molar-refractivity contribution < 1.29 is 22.4 Å². The standard InChI is InChI=1S/C16H16O6S/c1-10-6-15(17)22-14-8-12(2-3-13(10)14)21-16(18)7-11-4-5-23(19,20)9-11/h2-3,6,8,11H,4-5,7,9H2,1H3. The topological polar surface area (TPSA) is 90.7 Å². The Morgan fingerprint density at radius 2 is 2.13 bits per heavy atom. The van der Waals surface area contributed by atoms with Crippen LogP contribution >= 0.6 is 0 Å². The molecule has 6 nitrogen and oxygen atoms in total. The molecule has 1 aliphatic rings. The van der Waals surface area contributed by atoms with Crippen molar-refractivity contribution in [2.45, 2.75) is 19.8 Å². The summed E-state index contributed by atoms with van der Waals surface area (Å²) in [5, 5.41) is 0.770. The Kier molecular flexibility index (Phi) is 3.97. The molecule has 0 radical (unpaired) electrons. The Labute approximate surface area is 133 Å². The SMILES string of the molecule is Cc1cc(=O)oc2cc(OC(=O)CC3CCS(=O)(=O)C3)ccc12. The van der Waals surface area contributed by atoms with Crippen molar-refractivity contribution >= 4 is 26.8 Å². The predicted octanol–water partition coefficient (Wildman–Crippen LogP) is 1.83. The van der Waals surface area contributed by atoms with E-state index in [1.807, 2.05) is 0 Å². The normalized spacial score (nSPS) is 19.8. The molecule has 0 spiro atoms. The van der Waals surface area contributed by atoms with Crippen LogP contribution in [0.5, 0.6) is 5.75 Å². The summed E-state index contributed by atoms with van der Waals surface area (Å²) in [6.07, 6.45) is 0.554. The van der Waals surface area contributed by atoms with Crippen LogP contribution in [-0.4, -0.2) is 25.9 Å². The molecular weight excluding hydrogens is 320 g/mol. The van der Waals surface area contributed by atoms with Gasteiger partial charge in [-0.2, -0.15) is 0 Å². The van der Waals surface area contributed by atoms with Crippen LogP contribution in [0, 0.1) is 12.8 Å². The summed E-state index contributed by atoms with van der Waals surface area (Å²) in [5.41, 5.74) is 0.670. The quantitative estimate of drug-likeness (QED) is 0.482. The van der Waals surface area contributed by atoms with E-state index < -0.39 is 21.4 Å². The maximum atomic E-state index is 11.9. The number of esters is 1. The third-order valence-corrected chi connectivity index (χ3v) is 5.77. The van der Waals surface area contributed by atoms with E-state index in [1.165, 1.54) is 12.1 Å². The Balaban J connectivity index is 1.74. The van der Waals surface area contributed by atoms with Gasteiger partial charge in [0.2, 0.25) is 0 Å². The molecule has 0 bridgehead atoms. The van der Waals surface area contributed by atoms with Crippen LogP contribution in [0.25, 0.3) is 11.0 Å². The molecule has 1 aromatic heterocycles. The maximum absolute atomic E-state index is 11.9. The number of rotatable bonds is 3. The molecule has 122 valence electrons. The molecule has 1 aromatic carbocycles. The van der Waals surface area contributed by atoms with Crippen molar-refractivity contribution in [3.63, 3.8) is 0 Å². The largest absolute Gasteiger partial charge is 0.426 e. The average molecular weight is 336 g/mol. The van der Waals surface area contributed by atoms with Crippen molar-refractivity contribution in [2.24, 2.45) is 5.92 Å². The van der Waals surface area contributed by atoms with E-state index in [0.29, 0.717) is 12.0 Å². The number of ether oxygens (including phenoxy) is 1. The molecule has 0 saturated carbocycles. The second kappa shape index (κ2) is 5.81. The lowest BCUT2D eigenvalue weighted by molar-refractivity contribution is -0.135. The van der Waals surface area contributed by atoms with Crippen molar-refractivity contribution in [1.29, 1.82) is 0 Å². The lowest BCUT2D eigenvalue weighted by atomic mass is 10.1. The fourth-order valence-electron chi connectivity index (χ4n) is 2.81. The monoisotopic (exact) mass is 336 g/mol. The molecule has 2 aromatic rings. The lowest BCUT2D eigenvalue weighted by Gasteiger charge is -2.08. The van der Waals surface area contributed by atoms with Gasteiger partial charge in [-0.15, -0.1) is 0 Å². The molecular formula is C16H16O6S. The van der Waals surface area contributed by atoms with Gasteiger partial charge in [0.25, 0.3) is 0 Å². The summed E-state index contributed by atoms with van der Waals surface area (Å²) in [5.74, 6) is -0.231. The van der Waals surface area contributed by atoms with Crippen molar-refractivity contribution in [3.05, 3.63) is 40.2 Å². The van der Waals surface area contributed by atoms with E-state index in [1.54, 1.807) is 19.1 Å². The summed E-state index contributed by atoms with van der Waals surface area (Å²) >= 11 is 0. The molecule has 1 saturated heterocycles. The molecule has 0 N–H and O–H groups in total. The predicted molar refractivity (Wildman–Crippen MR) is 84.2 cm³/mol. The molecule has 0 amide bonds. The van der Waals surface area contributed by atoms with Crippen molar-refractivity contribution in [2.75, 3.05) is 11.5 Å². The first-order valence-corrected chi connectivity index (χ1v) is 9.10. The molecule has 2 heterocycles. The van der Waals surface area contributed by atoms with Gasteiger partial charge in [0, 0.05) is 23.9 Å². The molecule has 1 unspecified atom stereocenters. The highest BCUT2D eigenvalue weighted by molar-refractivity contribution is 7.91. The minimum atomic E-state index is -3.01. The van der Waals surface area contributed by atoms with Crippen molar-refractivity contribution in [1.82, 2.24) is 0 Å². The summed E-state index contributed by atoms with van der Waals surface area (Å²) in [6.45, 7) is 1.80. The van der Waals surface area contributed by atoms with E-state index >= 15 is 0 Å². The Morgan fingerprint density at radius 3 is 2.83 bits per heavy atom. The summed E-state index contributed by atoms with van der Waals surface area (Å²) < 4.78 is 33.1. The first-order valence-electron chi connectivity index (χ1n) is 7.28. The van der Waals surface area contributed by atoms with Crippen LogP contribution in [0.2, 0.25) is 0 Å². The van der Waals surface area contributed by atoms with Gasteiger partial charge >= 0.3 is 11.6 Å². The van der Waals surface area contributed by atoms with Crippen LogP contribution in [-0.2, 0) is 14.6 Å². The van der Waals surface area contributed by atoms with Gasteiger partial charge in [0.05, 0.1) is 11.5 Å². The van der Waals surface area contributed by atoms with Gasteiger partial charge in [-0.05, 0) is 37.0 Å². The van der Waals surface area contributed by atoms with Gasteiger partial charge in [-0.25, -0.2) is 13.2 Å². The van der Waals surface area contributed by atoms with Crippen LogP contribution in [0.15, 0.2) is 33.5 Å². The summed E-state index contributed by atoms with van der Waals surface area (Å²) in [6, 6.07) is 6.23. The number of fused-ring (bicyclic) bond motifs is 1. The van der Waals surface area contributed by atoms with Crippen LogP contribution in [0.1, 0.15) is 18.4 Å². The number of sulfone groups is 1. The highest BCUT2D eigenvalue weighted by Gasteiger charge is 2.30. The fourth-order valence-corrected chi connectivity index (χ4v) is 4.67. The number of carbonyl (C=O) groups excluding carboxylic acids is 1. The van der Waals surface area contributed by atoms with Crippen LogP contribution in [0.4, 0.5) is 0 Å². The lowest BCUT2D eigenvalue weighted by Crippen LogP contribution is -2.15. The maximum Gasteiger partial charge on any atom is 0.336 e. The van der Waals surface area contributed by atoms with E-state index in [0.717, 1.165) is 10.9 Å².